The zero-order chi connectivity index (χ0) is 18.8. The Bertz CT molecular complexity index is 511. The van der Waals surface area contributed by atoms with E-state index in [2.05, 4.69) is 4.74 Å². The highest BCUT2D eigenvalue weighted by Crippen LogP contribution is 2.35. The van der Waals surface area contributed by atoms with Crippen LogP contribution in [-0.2, 0) is 23.9 Å². The SMILES string of the molecule is CC(=O)OC[C@@H](O)[C@@H](O)[C@@H]1OC(O)(C(=O)O)C(C(C)=O)[C@H](O)[C@H]1N. The number of ketones is 1. The van der Waals surface area contributed by atoms with Gasteiger partial charge in [0.2, 0.25) is 0 Å². The maximum Gasteiger partial charge on any atom is 0.365 e. The Labute approximate surface area is 136 Å². The van der Waals surface area contributed by atoms with E-state index in [-0.39, 0.29) is 0 Å². The molecule has 0 aromatic rings. The first kappa shape index (κ1) is 20.4. The number of carboxylic acids is 1. The number of hydrogen-bond donors (Lipinski definition) is 6. The molecule has 0 amide bonds. The number of carbonyl (C=O) groups excluding carboxylic acids is 2. The Morgan fingerprint density at radius 3 is 2.25 bits per heavy atom. The molecule has 0 radical (unpaired) electrons. The van der Waals surface area contributed by atoms with Crippen molar-refractivity contribution < 1.29 is 49.4 Å². The highest BCUT2D eigenvalue weighted by Gasteiger charge is 2.61. The molecule has 1 heterocycles. The van der Waals surface area contributed by atoms with Crippen molar-refractivity contribution in [1.29, 1.82) is 0 Å². The van der Waals surface area contributed by atoms with Gasteiger partial charge < -0.3 is 40.7 Å². The van der Waals surface area contributed by atoms with E-state index in [9.17, 15) is 34.8 Å². The molecule has 138 valence electrons. The summed E-state index contributed by atoms with van der Waals surface area (Å²) >= 11 is 0. The number of rotatable bonds is 6. The van der Waals surface area contributed by atoms with E-state index in [0.29, 0.717) is 0 Å². The molecule has 0 aromatic carbocycles. The second-order valence-corrected chi connectivity index (χ2v) is 5.60. The molecule has 0 aromatic heterocycles. The minimum atomic E-state index is -3.14. The van der Waals surface area contributed by atoms with Crippen molar-refractivity contribution in [2.75, 3.05) is 6.61 Å². The first-order chi connectivity index (χ1) is 10.9. The van der Waals surface area contributed by atoms with Crippen molar-refractivity contribution in [2.24, 2.45) is 11.7 Å². The average molecular weight is 351 g/mol. The van der Waals surface area contributed by atoms with Crippen molar-refractivity contribution in [3.05, 3.63) is 0 Å². The van der Waals surface area contributed by atoms with Gasteiger partial charge in [-0.1, -0.05) is 0 Å². The van der Waals surface area contributed by atoms with Gasteiger partial charge in [-0.2, -0.15) is 0 Å². The second kappa shape index (κ2) is 7.51. The predicted molar refractivity (Wildman–Crippen MR) is 74.3 cm³/mol. The highest BCUT2D eigenvalue weighted by molar-refractivity contribution is 5.88. The number of hydrogen-bond acceptors (Lipinski definition) is 10. The minimum Gasteiger partial charge on any atom is -0.477 e. The summed E-state index contributed by atoms with van der Waals surface area (Å²) in [4.78, 5) is 33.6. The number of ether oxygens (including phenoxy) is 2. The topological polar surface area (TPSA) is 197 Å². The van der Waals surface area contributed by atoms with E-state index >= 15 is 0 Å². The molecule has 1 aliphatic heterocycles. The van der Waals surface area contributed by atoms with Gasteiger partial charge in [0.15, 0.2) is 0 Å². The zero-order valence-electron chi connectivity index (χ0n) is 13.0. The van der Waals surface area contributed by atoms with Crippen LogP contribution in [0.5, 0.6) is 0 Å². The zero-order valence-corrected chi connectivity index (χ0v) is 13.0. The molecule has 0 saturated carbocycles. The lowest BCUT2D eigenvalue weighted by molar-refractivity contribution is -0.311. The summed E-state index contributed by atoms with van der Waals surface area (Å²) in [6.07, 6.45) is -7.25. The molecule has 24 heavy (non-hydrogen) atoms. The number of aliphatic hydroxyl groups excluding tert-OH is 3. The van der Waals surface area contributed by atoms with Gasteiger partial charge in [0.1, 0.15) is 36.6 Å². The lowest BCUT2D eigenvalue weighted by Crippen LogP contribution is -2.71. The third kappa shape index (κ3) is 3.88. The van der Waals surface area contributed by atoms with Crippen LogP contribution in [0.2, 0.25) is 0 Å². The minimum absolute atomic E-state index is 0.652. The molecule has 7 N–H and O–H groups in total. The monoisotopic (exact) mass is 351 g/mol. The normalized spacial score (nSPS) is 35.8. The molecule has 7 atom stereocenters. The molecule has 1 fully saturated rings. The largest absolute Gasteiger partial charge is 0.477 e. The number of Topliss-reactive ketones (excluding diaryl/α,β-unsaturated/α-hetero) is 1. The molecule has 0 aliphatic carbocycles. The lowest BCUT2D eigenvalue weighted by Gasteiger charge is -2.47. The van der Waals surface area contributed by atoms with E-state index < -0.39 is 66.5 Å². The van der Waals surface area contributed by atoms with Crippen LogP contribution in [0.15, 0.2) is 0 Å². The summed E-state index contributed by atoms with van der Waals surface area (Å²) in [5, 5.41) is 49.2. The fourth-order valence-electron chi connectivity index (χ4n) is 2.52. The summed E-state index contributed by atoms with van der Waals surface area (Å²) in [5.41, 5.74) is 5.66. The Hall–Kier alpha value is -1.63. The van der Waals surface area contributed by atoms with Crippen LogP contribution in [0.3, 0.4) is 0 Å². The van der Waals surface area contributed by atoms with Crippen LogP contribution < -0.4 is 5.73 Å². The molecule has 1 rings (SSSR count). The quantitative estimate of drug-likeness (QED) is 0.258. The average Bonchev–Trinajstić information content (AvgIpc) is 2.47. The summed E-state index contributed by atoms with van der Waals surface area (Å²) in [6, 6.07) is -1.50. The van der Waals surface area contributed by atoms with E-state index in [1.165, 1.54) is 0 Å². The fraction of sp³-hybridized carbons (Fsp3) is 0.769. The predicted octanol–water partition coefficient (Wildman–Crippen LogP) is -3.66. The summed E-state index contributed by atoms with van der Waals surface area (Å²) in [5.74, 6) is -8.64. The van der Waals surface area contributed by atoms with Gasteiger partial charge in [-0.05, 0) is 6.92 Å². The Morgan fingerprint density at radius 1 is 1.29 bits per heavy atom. The molecule has 11 heteroatoms. The maximum absolute atomic E-state index is 11.6. The standard InChI is InChI=1S/C13H21NO10/c1-4(15)7-10(19)8(14)11(24-13(7,22)12(20)21)9(18)6(17)3-23-5(2)16/h6-11,17-19,22H,3,14H2,1-2H3,(H,20,21)/t6-,7?,8-,9-,10+,11-,13?/m1/s1. The van der Waals surface area contributed by atoms with Crippen LogP contribution >= 0.6 is 0 Å². The molecule has 0 bridgehead atoms. The lowest BCUT2D eigenvalue weighted by atomic mass is 9.79. The van der Waals surface area contributed by atoms with E-state index in [1.807, 2.05) is 0 Å². The van der Waals surface area contributed by atoms with Crippen LogP contribution in [0.25, 0.3) is 0 Å². The van der Waals surface area contributed by atoms with Gasteiger partial charge in [-0.25, -0.2) is 4.79 Å². The Kier molecular flexibility index (Phi) is 6.38. The third-order valence-electron chi connectivity index (χ3n) is 3.79. The van der Waals surface area contributed by atoms with Crippen molar-refractivity contribution in [3.8, 4) is 0 Å². The fourth-order valence-corrected chi connectivity index (χ4v) is 2.52. The summed E-state index contributed by atoms with van der Waals surface area (Å²) in [6.45, 7) is 1.34. The molecule has 1 saturated heterocycles. The number of carboxylic acid groups (broad SMARTS) is 1. The Morgan fingerprint density at radius 2 is 1.83 bits per heavy atom. The summed E-state index contributed by atoms with van der Waals surface area (Å²) in [7, 11) is 0. The molecular formula is C13H21NO10. The number of nitrogens with two attached hydrogens (primary N) is 1. The van der Waals surface area contributed by atoms with Gasteiger partial charge in [0.25, 0.3) is 5.79 Å². The number of aliphatic carboxylic acids is 1. The molecule has 2 unspecified atom stereocenters. The molecular weight excluding hydrogens is 330 g/mol. The van der Waals surface area contributed by atoms with Crippen molar-refractivity contribution in [3.63, 3.8) is 0 Å². The van der Waals surface area contributed by atoms with Crippen LogP contribution in [0, 0.1) is 5.92 Å². The van der Waals surface area contributed by atoms with Crippen molar-refractivity contribution in [1.82, 2.24) is 0 Å². The van der Waals surface area contributed by atoms with E-state index in [1.54, 1.807) is 0 Å². The third-order valence-corrected chi connectivity index (χ3v) is 3.79. The van der Waals surface area contributed by atoms with E-state index in [0.717, 1.165) is 13.8 Å². The van der Waals surface area contributed by atoms with Crippen LogP contribution in [-0.4, -0.2) is 86.1 Å². The first-order valence-electron chi connectivity index (χ1n) is 7.00. The number of carbonyl (C=O) groups is 3. The molecule has 11 nitrogen and oxygen atoms in total. The second-order valence-electron chi connectivity index (χ2n) is 5.60. The van der Waals surface area contributed by atoms with Gasteiger partial charge in [-0.15, -0.1) is 0 Å². The van der Waals surface area contributed by atoms with Crippen molar-refractivity contribution >= 4 is 17.7 Å². The van der Waals surface area contributed by atoms with Crippen LogP contribution in [0.1, 0.15) is 13.8 Å². The van der Waals surface area contributed by atoms with Gasteiger partial charge >= 0.3 is 11.9 Å². The molecule has 0 spiro atoms. The Balaban J connectivity index is 3.07. The smallest absolute Gasteiger partial charge is 0.365 e. The number of aliphatic hydroxyl groups is 4. The highest BCUT2D eigenvalue weighted by atomic mass is 16.7. The van der Waals surface area contributed by atoms with Crippen molar-refractivity contribution in [2.45, 2.75) is 50.1 Å². The van der Waals surface area contributed by atoms with E-state index in [4.69, 9.17) is 15.6 Å². The number of esters is 1. The maximum atomic E-state index is 11.6. The first-order valence-corrected chi connectivity index (χ1v) is 7.00. The van der Waals surface area contributed by atoms with Gasteiger partial charge in [0, 0.05) is 6.92 Å². The molecule has 1 aliphatic rings. The van der Waals surface area contributed by atoms with Gasteiger partial charge in [-0.3, -0.25) is 9.59 Å². The van der Waals surface area contributed by atoms with Crippen LogP contribution in [0.4, 0.5) is 0 Å². The summed E-state index contributed by atoms with van der Waals surface area (Å²) < 4.78 is 9.38. The van der Waals surface area contributed by atoms with Gasteiger partial charge in [0.05, 0.1) is 12.1 Å².